The van der Waals surface area contributed by atoms with Gasteiger partial charge in [0.1, 0.15) is 5.75 Å². The number of anilines is 1. The Morgan fingerprint density at radius 1 is 1.10 bits per heavy atom. The zero-order valence-electron chi connectivity index (χ0n) is 11.9. The fourth-order valence-electron chi connectivity index (χ4n) is 2.27. The van der Waals surface area contributed by atoms with Crippen LogP contribution in [0, 0.1) is 0 Å². The highest BCUT2D eigenvalue weighted by atomic mass is 16.5. The van der Waals surface area contributed by atoms with Crippen LogP contribution in [0.25, 0.3) is 11.1 Å². The molecule has 0 aliphatic carbocycles. The lowest BCUT2D eigenvalue weighted by Gasteiger charge is -2.04. The third-order valence-electron chi connectivity index (χ3n) is 3.41. The average Bonchev–Trinajstić information content (AvgIpc) is 2.97. The molecule has 2 aromatic carbocycles. The van der Waals surface area contributed by atoms with Crippen molar-refractivity contribution in [1.29, 1.82) is 0 Å². The smallest absolute Gasteiger partial charge is 0.118 e. The molecule has 4 nitrogen and oxygen atoms in total. The van der Waals surface area contributed by atoms with Crippen LogP contribution in [-0.4, -0.2) is 16.9 Å². The van der Waals surface area contributed by atoms with Gasteiger partial charge >= 0.3 is 0 Å². The molecule has 4 heteroatoms. The van der Waals surface area contributed by atoms with Crippen molar-refractivity contribution in [2.45, 2.75) is 6.54 Å². The molecule has 0 bridgehead atoms. The van der Waals surface area contributed by atoms with E-state index in [0.29, 0.717) is 0 Å². The second kappa shape index (κ2) is 5.71. The Hall–Kier alpha value is -2.75. The molecular weight excluding hydrogens is 262 g/mol. The Kier molecular flexibility index (Phi) is 3.60. The zero-order chi connectivity index (χ0) is 14.7. The molecule has 0 radical (unpaired) electrons. The highest BCUT2D eigenvalue weighted by Crippen LogP contribution is 2.25. The molecular formula is C17H17N3O. The number of rotatable bonds is 4. The van der Waals surface area contributed by atoms with Crippen molar-refractivity contribution in [3.8, 4) is 16.9 Å². The molecule has 0 amide bonds. The van der Waals surface area contributed by atoms with Crippen LogP contribution < -0.4 is 10.5 Å². The van der Waals surface area contributed by atoms with Gasteiger partial charge in [-0.3, -0.25) is 4.68 Å². The van der Waals surface area contributed by atoms with Crippen LogP contribution in [0.15, 0.2) is 60.9 Å². The Bertz CT molecular complexity index is 732. The van der Waals surface area contributed by atoms with E-state index in [1.807, 2.05) is 65.6 Å². The van der Waals surface area contributed by atoms with Crippen molar-refractivity contribution >= 4 is 5.69 Å². The van der Waals surface area contributed by atoms with Crippen LogP contribution in [0.4, 0.5) is 5.69 Å². The second-order valence-electron chi connectivity index (χ2n) is 4.86. The third kappa shape index (κ3) is 2.89. The van der Waals surface area contributed by atoms with Gasteiger partial charge in [-0.2, -0.15) is 5.10 Å². The molecule has 1 aromatic heterocycles. The van der Waals surface area contributed by atoms with Crippen LogP contribution in [-0.2, 0) is 6.54 Å². The summed E-state index contributed by atoms with van der Waals surface area (Å²) in [5.41, 5.74) is 9.98. The fraction of sp³-hybridized carbons (Fsp3) is 0.118. The summed E-state index contributed by atoms with van der Waals surface area (Å²) in [6, 6.07) is 15.8. The maximum atomic E-state index is 6.00. The van der Waals surface area contributed by atoms with Crippen LogP contribution >= 0.6 is 0 Å². The Morgan fingerprint density at radius 3 is 2.57 bits per heavy atom. The van der Waals surface area contributed by atoms with E-state index in [1.54, 1.807) is 7.11 Å². The first-order valence-corrected chi connectivity index (χ1v) is 6.76. The van der Waals surface area contributed by atoms with Gasteiger partial charge in [0, 0.05) is 23.0 Å². The molecule has 1 heterocycles. The minimum absolute atomic E-state index is 0.719. The molecule has 106 valence electrons. The van der Waals surface area contributed by atoms with Crippen molar-refractivity contribution in [2.24, 2.45) is 0 Å². The third-order valence-corrected chi connectivity index (χ3v) is 3.41. The molecule has 0 saturated heterocycles. The van der Waals surface area contributed by atoms with Gasteiger partial charge in [0.25, 0.3) is 0 Å². The number of ether oxygens (including phenoxy) is 1. The monoisotopic (exact) mass is 279 g/mol. The standard InChI is InChI=1S/C17H17N3O/c1-21-15-8-6-13(7-9-15)11-20-12-14(10-19-20)16-4-2-3-5-17(16)18/h2-10,12H,11,18H2,1H3. The highest BCUT2D eigenvalue weighted by Gasteiger charge is 2.05. The van der Waals surface area contributed by atoms with Crippen LogP contribution in [0.1, 0.15) is 5.56 Å². The molecule has 0 spiro atoms. The van der Waals surface area contributed by atoms with Gasteiger partial charge in [-0.25, -0.2) is 0 Å². The second-order valence-corrected chi connectivity index (χ2v) is 4.86. The fourth-order valence-corrected chi connectivity index (χ4v) is 2.27. The molecule has 0 saturated carbocycles. The lowest BCUT2D eigenvalue weighted by molar-refractivity contribution is 0.414. The van der Waals surface area contributed by atoms with Gasteiger partial charge in [-0.05, 0) is 23.8 Å². The van der Waals surface area contributed by atoms with Gasteiger partial charge in [0.05, 0.1) is 19.9 Å². The number of nitrogen functional groups attached to an aromatic ring is 1. The number of aromatic nitrogens is 2. The number of hydrogen-bond acceptors (Lipinski definition) is 3. The number of hydrogen-bond donors (Lipinski definition) is 1. The van der Waals surface area contributed by atoms with Gasteiger partial charge in [-0.15, -0.1) is 0 Å². The topological polar surface area (TPSA) is 53.1 Å². The minimum atomic E-state index is 0.719. The minimum Gasteiger partial charge on any atom is -0.497 e. The largest absolute Gasteiger partial charge is 0.497 e. The van der Waals surface area contributed by atoms with Gasteiger partial charge in [-0.1, -0.05) is 30.3 Å². The summed E-state index contributed by atoms with van der Waals surface area (Å²) >= 11 is 0. The van der Waals surface area contributed by atoms with Crippen molar-refractivity contribution in [3.05, 3.63) is 66.5 Å². The molecule has 0 aliphatic heterocycles. The summed E-state index contributed by atoms with van der Waals surface area (Å²) in [5, 5.41) is 4.40. The summed E-state index contributed by atoms with van der Waals surface area (Å²) in [6.07, 6.45) is 3.85. The van der Waals surface area contributed by atoms with Crippen molar-refractivity contribution < 1.29 is 4.74 Å². The first-order valence-electron chi connectivity index (χ1n) is 6.76. The summed E-state index contributed by atoms with van der Waals surface area (Å²) in [6.45, 7) is 0.719. The average molecular weight is 279 g/mol. The quantitative estimate of drug-likeness (QED) is 0.746. The predicted octanol–water partition coefficient (Wildman–Crippen LogP) is 3.19. The first-order chi connectivity index (χ1) is 10.3. The van der Waals surface area contributed by atoms with E-state index >= 15 is 0 Å². The van der Waals surface area contributed by atoms with E-state index < -0.39 is 0 Å². The Morgan fingerprint density at radius 2 is 1.86 bits per heavy atom. The number of nitrogens with zero attached hydrogens (tertiary/aromatic N) is 2. The van der Waals surface area contributed by atoms with E-state index in [1.165, 1.54) is 5.56 Å². The highest BCUT2D eigenvalue weighted by molar-refractivity contribution is 5.75. The zero-order valence-corrected chi connectivity index (χ0v) is 11.9. The molecule has 0 aliphatic rings. The van der Waals surface area contributed by atoms with E-state index in [2.05, 4.69) is 5.10 Å². The van der Waals surface area contributed by atoms with Crippen molar-refractivity contribution in [1.82, 2.24) is 9.78 Å². The van der Waals surface area contributed by atoms with Crippen molar-refractivity contribution in [2.75, 3.05) is 12.8 Å². The normalized spacial score (nSPS) is 10.5. The molecule has 2 N–H and O–H groups in total. The number of nitrogens with two attached hydrogens (primary N) is 1. The first kappa shape index (κ1) is 13.2. The van der Waals surface area contributed by atoms with Gasteiger partial charge < -0.3 is 10.5 Å². The van der Waals surface area contributed by atoms with Crippen LogP contribution in [0.5, 0.6) is 5.75 Å². The summed E-state index contributed by atoms with van der Waals surface area (Å²) in [7, 11) is 1.67. The molecule has 21 heavy (non-hydrogen) atoms. The summed E-state index contributed by atoms with van der Waals surface area (Å²) < 4.78 is 7.06. The van der Waals surface area contributed by atoms with E-state index in [4.69, 9.17) is 10.5 Å². The Balaban J connectivity index is 1.80. The lowest BCUT2D eigenvalue weighted by Crippen LogP contribution is -1.99. The van der Waals surface area contributed by atoms with Gasteiger partial charge in [0.15, 0.2) is 0 Å². The van der Waals surface area contributed by atoms with E-state index in [9.17, 15) is 0 Å². The number of para-hydroxylation sites is 1. The summed E-state index contributed by atoms with van der Waals surface area (Å²) in [4.78, 5) is 0. The van der Waals surface area contributed by atoms with E-state index in [0.717, 1.165) is 29.1 Å². The lowest BCUT2D eigenvalue weighted by atomic mass is 10.1. The molecule has 0 unspecified atom stereocenters. The Labute approximate surface area is 123 Å². The van der Waals surface area contributed by atoms with Crippen LogP contribution in [0.2, 0.25) is 0 Å². The molecule has 0 fully saturated rings. The molecule has 3 rings (SSSR count). The van der Waals surface area contributed by atoms with Gasteiger partial charge in [0.2, 0.25) is 0 Å². The summed E-state index contributed by atoms with van der Waals surface area (Å²) in [5.74, 6) is 0.858. The van der Waals surface area contributed by atoms with E-state index in [-0.39, 0.29) is 0 Å². The molecule has 3 aromatic rings. The van der Waals surface area contributed by atoms with Crippen LogP contribution in [0.3, 0.4) is 0 Å². The SMILES string of the molecule is COc1ccc(Cn2cc(-c3ccccc3N)cn2)cc1. The predicted molar refractivity (Wildman–Crippen MR) is 84.2 cm³/mol. The maximum Gasteiger partial charge on any atom is 0.118 e. The van der Waals surface area contributed by atoms with Crippen molar-refractivity contribution in [3.63, 3.8) is 0 Å². The maximum absolute atomic E-state index is 6.00. The number of methoxy groups -OCH3 is 1. The molecule has 0 atom stereocenters. The number of benzene rings is 2.